The number of halogens is 2. The van der Waals surface area contributed by atoms with Crippen LogP contribution in [0.15, 0.2) is 24.5 Å². The van der Waals surface area contributed by atoms with Gasteiger partial charge in [-0.15, -0.1) is 0 Å². The van der Waals surface area contributed by atoms with Crippen LogP contribution in [-0.4, -0.2) is 20.8 Å². The maximum atomic E-state index is 13.1. The molecule has 0 aliphatic carbocycles. The third-order valence-corrected chi connectivity index (χ3v) is 3.00. The monoisotopic (exact) mass is 280 g/mol. The molecular formula is C14H18F2N4. The van der Waals surface area contributed by atoms with Crippen molar-refractivity contribution in [2.24, 2.45) is 5.73 Å². The van der Waals surface area contributed by atoms with Crippen LogP contribution in [0.3, 0.4) is 0 Å². The molecule has 2 N–H and O–H groups in total. The third kappa shape index (κ3) is 3.84. The van der Waals surface area contributed by atoms with E-state index in [1.807, 2.05) is 4.68 Å². The Morgan fingerprint density at radius 2 is 1.90 bits per heavy atom. The minimum absolute atomic E-state index is 0.254. The summed E-state index contributed by atoms with van der Waals surface area (Å²) in [7, 11) is 0. The van der Waals surface area contributed by atoms with Crippen LogP contribution in [0.2, 0.25) is 0 Å². The molecule has 108 valence electrons. The summed E-state index contributed by atoms with van der Waals surface area (Å²) in [5.74, 6) is -0.362. The molecule has 0 saturated carbocycles. The lowest BCUT2D eigenvalue weighted by Gasteiger charge is -2.12. The number of rotatable bonds is 6. The number of hydrogen-bond donors (Lipinski definition) is 1. The van der Waals surface area contributed by atoms with Crippen molar-refractivity contribution >= 4 is 0 Å². The van der Waals surface area contributed by atoms with Crippen LogP contribution >= 0.6 is 0 Å². The van der Waals surface area contributed by atoms with Crippen LogP contribution in [0.4, 0.5) is 8.78 Å². The molecule has 0 fully saturated rings. The Morgan fingerprint density at radius 1 is 1.20 bits per heavy atom. The maximum absolute atomic E-state index is 13.1. The highest BCUT2D eigenvalue weighted by Gasteiger charge is 2.12. The smallest absolute Gasteiger partial charge is 0.138 e. The van der Waals surface area contributed by atoms with Crippen molar-refractivity contribution in [2.45, 2.75) is 38.8 Å². The summed E-state index contributed by atoms with van der Waals surface area (Å²) >= 11 is 0. The number of nitrogens with two attached hydrogens (primary N) is 1. The van der Waals surface area contributed by atoms with Gasteiger partial charge in [0.15, 0.2) is 0 Å². The van der Waals surface area contributed by atoms with Gasteiger partial charge in [0.2, 0.25) is 0 Å². The highest BCUT2D eigenvalue weighted by atomic mass is 19.1. The van der Waals surface area contributed by atoms with E-state index in [2.05, 4.69) is 17.0 Å². The van der Waals surface area contributed by atoms with Gasteiger partial charge in [0.05, 0.1) is 0 Å². The zero-order chi connectivity index (χ0) is 14.5. The molecular weight excluding hydrogens is 262 g/mol. The molecule has 6 heteroatoms. The first-order chi connectivity index (χ1) is 9.58. The Labute approximate surface area is 116 Å². The molecule has 0 spiro atoms. The van der Waals surface area contributed by atoms with Crippen LogP contribution in [0.25, 0.3) is 0 Å². The number of hydrogen-bond acceptors (Lipinski definition) is 3. The standard InChI is InChI=1S/C14H18F2N4/c1-2-3-20-14(18-9-19-20)8-13(17)6-10-4-11(15)7-12(16)5-10/h4-5,7,9,13H,2-3,6,8,17H2,1H3. The van der Waals surface area contributed by atoms with Crippen molar-refractivity contribution in [3.05, 3.63) is 47.5 Å². The van der Waals surface area contributed by atoms with Gasteiger partial charge < -0.3 is 5.73 Å². The van der Waals surface area contributed by atoms with Gasteiger partial charge >= 0.3 is 0 Å². The summed E-state index contributed by atoms with van der Waals surface area (Å²) < 4.78 is 28.0. The Morgan fingerprint density at radius 3 is 2.55 bits per heavy atom. The number of nitrogens with zero attached hydrogens (tertiary/aromatic N) is 3. The Bertz CT molecular complexity index is 548. The van der Waals surface area contributed by atoms with E-state index in [-0.39, 0.29) is 6.04 Å². The average molecular weight is 280 g/mol. The molecule has 1 aromatic heterocycles. The highest BCUT2D eigenvalue weighted by Crippen LogP contribution is 2.11. The fourth-order valence-corrected chi connectivity index (χ4v) is 2.18. The maximum Gasteiger partial charge on any atom is 0.138 e. The average Bonchev–Trinajstić information content (AvgIpc) is 2.75. The van der Waals surface area contributed by atoms with Gasteiger partial charge in [-0.05, 0) is 30.5 Å². The molecule has 1 atom stereocenters. The van der Waals surface area contributed by atoms with Crippen molar-refractivity contribution in [1.82, 2.24) is 14.8 Å². The highest BCUT2D eigenvalue weighted by molar-refractivity contribution is 5.19. The van der Waals surface area contributed by atoms with Crippen LogP contribution in [0.5, 0.6) is 0 Å². The largest absolute Gasteiger partial charge is 0.327 e. The first kappa shape index (κ1) is 14.6. The van der Waals surface area contributed by atoms with E-state index in [4.69, 9.17) is 5.73 Å². The van der Waals surface area contributed by atoms with E-state index in [9.17, 15) is 8.78 Å². The minimum Gasteiger partial charge on any atom is -0.327 e. The molecule has 0 aliphatic rings. The molecule has 0 radical (unpaired) electrons. The van der Waals surface area contributed by atoms with Gasteiger partial charge in [-0.25, -0.2) is 13.8 Å². The topological polar surface area (TPSA) is 56.7 Å². The van der Waals surface area contributed by atoms with Crippen LogP contribution in [0, 0.1) is 11.6 Å². The fourth-order valence-electron chi connectivity index (χ4n) is 2.18. The van der Waals surface area contributed by atoms with Crippen molar-refractivity contribution in [2.75, 3.05) is 0 Å². The van der Waals surface area contributed by atoms with E-state index >= 15 is 0 Å². The molecule has 2 rings (SSSR count). The molecule has 1 heterocycles. The molecule has 1 unspecified atom stereocenters. The van der Waals surface area contributed by atoms with Gasteiger partial charge in [0.1, 0.15) is 23.8 Å². The number of benzene rings is 1. The van der Waals surface area contributed by atoms with Crippen molar-refractivity contribution in [3.63, 3.8) is 0 Å². The quantitative estimate of drug-likeness (QED) is 0.881. The second-order valence-electron chi connectivity index (χ2n) is 4.85. The second-order valence-corrected chi connectivity index (χ2v) is 4.85. The van der Waals surface area contributed by atoms with Crippen molar-refractivity contribution < 1.29 is 8.78 Å². The Kier molecular flexibility index (Phi) is 4.79. The molecule has 0 aliphatic heterocycles. The first-order valence-electron chi connectivity index (χ1n) is 6.65. The Hall–Kier alpha value is -1.82. The summed E-state index contributed by atoms with van der Waals surface area (Å²) in [4.78, 5) is 4.18. The molecule has 0 saturated heterocycles. The summed E-state index contributed by atoms with van der Waals surface area (Å²) in [5, 5.41) is 4.12. The third-order valence-electron chi connectivity index (χ3n) is 3.00. The molecule has 1 aromatic carbocycles. The predicted octanol–water partition coefficient (Wildman–Crippen LogP) is 2.08. The van der Waals surface area contributed by atoms with Gasteiger partial charge in [-0.3, -0.25) is 4.68 Å². The van der Waals surface area contributed by atoms with Gasteiger partial charge in [-0.2, -0.15) is 5.10 Å². The van der Waals surface area contributed by atoms with E-state index < -0.39 is 11.6 Å². The lowest BCUT2D eigenvalue weighted by molar-refractivity contribution is 0.537. The molecule has 0 amide bonds. The lowest BCUT2D eigenvalue weighted by Crippen LogP contribution is -2.27. The summed E-state index contributed by atoms with van der Waals surface area (Å²) in [5.41, 5.74) is 6.59. The minimum atomic E-state index is -0.582. The van der Waals surface area contributed by atoms with Crippen LogP contribution in [0.1, 0.15) is 24.7 Å². The van der Waals surface area contributed by atoms with Crippen molar-refractivity contribution in [3.8, 4) is 0 Å². The van der Waals surface area contributed by atoms with Crippen LogP contribution < -0.4 is 5.73 Å². The molecule has 20 heavy (non-hydrogen) atoms. The summed E-state index contributed by atoms with van der Waals surface area (Å²) in [6.45, 7) is 2.84. The normalized spacial score (nSPS) is 12.6. The fraction of sp³-hybridized carbons (Fsp3) is 0.429. The second kappa shape index (κ2) is 6.56. The van der Waals surface area contributed by atoms with E-state index in [1.54, 1.807) is 0 Å². The Balaban J connectivity index is 2.01. The van der Waals surface area contributed by atoms with Gasteiger partial charge in [-0.1, -0.05) is 6.92 Å². The summed E-state index contributed by atoms with van der Waals surface area (Å²) in [6, 6.07) is 3.21. The molecule has 2 aromatic rings. The number of aryl methyl sites for hydroxylation is 1. The SMILES string of the molecule is CCCn1ncnc1CC(N)Cc1cc(F)cc(F)c1. The van der Waals surface area contributed by atoms with Gasteiger partial charge in [0.25, 0.3) is 0 Å². The van der Waals surface area contributed by atoms with E-state index in [0.29, 0.717) is 18.4 Å². The zero-order valence-electron chi connectivity index (χ0n) is 11.4. The van der Waals surface area contributed by atoms with E-state index in [0.717, 1.165) is 24.9 Å². The van der Waals surface area contributed by atoms with Crippen molar-refractivity contribution in [1.29, 1.82) is 0 Å². The van der Waals surface area contributed by atoms with E-state index in [1.165, 1.54) is 18.5 Å². The number of aromatic nitrogens is 3. The zero-order valence-corrected chi connectivity index (χ0v) is 11.4. The molecule has 0 bridgehead atoms. The molecule has 4 nitrogen and oxygen atoms in total. The first-order valence-corrected chi connectivity index (χ1v) is 6.65. The predicted molar refractivity (Wildman–Crippen MR) is 72.1 cm³/mol. The van der Waals surface area contributed by atoms with Gasteiger partial charge in [0, 0.05) is 25.1 Å². The van der Waals surface area contributed by atoms with Crippen LogP contribution in [-0.2, 0) is 19.4 Å². The summed E-state index contributed by atoms with van der Waals surface area (Å²) in [6.07, 6.45) is 3.38. The lowest BCUT2D eigenvalue weighted by atomic mass is 10.0.